The van der Waals surface area contributed by atoms with Gasteiger partial charge in [-0.1, -0.05) is 73.2 Å². The Kier molecular flexibility index (Phi) is 6.02. The highest BCUT2D eigenvalue weighted by Crippen LogP contribution is 2.01. The van der Waals surface area contributed by atoms with Gasteiger partial charge in [-0.15, -0.1) is 0 Å². The molecule has 0 N–H and O–H groups in total. The highest BCUT2D eigenvalue weighted by Gasteiger charge is 1.81. The van der Waals surface area contributed by atoms with Crippen molar-refractivity contribution in [2.75, 3.05) is 0 Å². The molecule has 0 saturated heterocycles. The number of aryl methyl sites for hydroxylation is 1. The molecule has 0 aliphatic heterocycles. The molecule has 1 aliphatic carbocycles. The van der Waals surface area contributed by atoms with E-state index >= 15 is 0 Å². The van der Waals surface area contributed by atoms with E-state index in [1.54, 1.807) is 0 Å². The molecule has 0 bridgehead atoms. The molecule has 0 spiro atoms. The van der Waals surface area contributed by atoms with E-state index in [-0.39, 0.29) is 0 Å². The van der Waals surface area contributed by atoms with Crippen LogP contribution in [0.2, 0.25) is 0 Å². The van der Waals surface area contributed by atoms with Crippen LogP contribution in [0.25, 0.3) is 0 Å². The van der Waals surface area contributed by atoms with Crippen LogP contribution in [-0.2, 0) is 6.42 Å². The van der Waals surface area contributed by atoms with Gasteiger partial charge in [-0.3, -0.25) is 0 Å². The van der Waals surface area contributed by atoms with Crippen LogP contribution in [-0.4, -0.2) is 0 Å². The lowest BCUT2D eigenvalue weighted by molar-refractivity contribution is 1.14. The molecule has 1 aromatic carbocycles. The average Bonchev–Trinajstić information content (AvgIpc) is 2.59. The summed E-state index contributed by atoms with van der Waals surface area (Å²) in [6.45, 7) is 4.27. The summed E-state index contributed by atoms with van der Waals surface area (Å²) < 4.78 is 0. The number of hydrogen-bond donors (Lipinski definition) is 0. The third kappa shape index (κ3) is 5.35. The Morgan fingerprint density at radius 3 is 2.44 bits per heavy atom. The van der Waals surface area contributed by atoms with Crippen LogP contribution in [0.15, 0.2) is 66.3 Å². The second-order valence-corrected chi connectivity index (χ2v) is 3.82. The molecule has 0 aromatic heterocycles. The second-order valence-electron chi connectivity index (χ2n) is 3.82. The quantitative estimate of drug-likeness (QED) is 0.633. The highest BCUT2D eigenvalue weighted by atomic mass is 13.9. The number of allylic oxidation sites excluding steroid dienone is 6. The SMILES string of the molecule is CC1=CC=CCC=C1.CCc1ccccc1. The van der Waals surface area contributed by atoms with Crippen molar-refractivity contribution in [3.05, 3.63) is 71.8 Å². The van der Waals surface area contributed by atoms with Crippen molar-refractivity contribution < 1.29 is 0 Å². The Morgan fingerprint density at radius 1 is 1.06 bits per heavy atom. The zero-order valence-electron chi connectivity index (χ0n) is 10.2. The van der Waals surface area contributed by atoms with Crippen LogP contribution in [0, 0.1) is 0 Å². The van der Waals surface area contributed by atoms with Gasteiger partial charge >= 0.3 is 0 Å². The maximum atomic E-state index is 2.16. The number of hydrogen-bond acceptors (Lipinski definition) is 0. The summed E-state index contributed by atoms with van der Waals surface area (Å²) in [5.74, 6) is 0. The van der Waals surface area contributed by atoms with Crippen LogP contribution < -0.4 is 0 Å². The molecule has 1 aliphatic rings. The van der Waals surface area contributed by atoms with Gasteiger partial charge in [0, 0.05) is 0 Å². The molecule has 0 unspecified atom stereocenters. The molecule has 0 atom stereocenters. The summed E-state index contributed by atoms with van der Waals surface area (Å²) >= 11 is 0. The first kappa shape index (κ1) is 12.5. The molecule has 2 rings (SSSR count). The fourth-order valence-electron chi connectivity index (χ4n) is 1.40. The van der Waals surface area contributed by atoms with E-state index in [1.165, 1.54) is 11.1 Å². The topological polar surface area (TPSA) is 0 Å². The maximum Gasteiger partial charge on any atom is -0.0163 e. The van der Waals surface area contributed by atoms with Crippen molar-refractivity contribution in [2.24, 2.45) is 0 Å². The molecule has 16 heavy (non-hydrogen) atoms. The van der Waals surface area contributed by atoms with Crippen molar-refractivity contribution in [1.82, 2.24) is 0 Å². The zero-order valence-corrected chi connectivity index (χ0v) is 10.2. The highest BCUT2D eigenvalue weighted by molar-refractivity contribution is 5.24. The molecule has 0 heterocycles. The lowest BCUT2D eigenvalue weighted by Gasteiger charge is -1.89. The molecule has 0 fully saturated rings. The summed E-state index contributed by atoms with van der Waals surface area (Å²) in [6.07, 6.45) is 12.9. The van der Waals surface area contributed by atoms with Crippen LogP contribution in [0.4, 0.5) is 0 Å². The van der Waals surface area contributed by atoms with Gasteiger partial charge in [0.2, 0.25) is 0 Å². The number of benzene rings is 1. The summed E-state index contributed by atoms with van der Waals surface area (Å²) in [6, 6.07) is 10.5. The molecular formula is C16H20. The van der Waals surface area contributed by atoms with Crippen molar-refractivity contribution in [3.8, 4) is 0 Å². The first-order valence-corrected chi connectivity index (χ1v) is 5.87. The Balaban J connectivity index is 0.000000160. The van der Waals surface area contributed by atoms with E-state index < -0.39 is 0 Å². The Bertz CT molecular complexity index is 366. The van der Waals surface area contributed by atoms with Crippen LogP contribution in [0.5, 0.6) is 0 Å². The fourth-order valence-corrected chi connectivity index (χ4v) is 1.40. The van der Waals surface area contributed by atoms with Gasteiger partial charge in [0.25, 0.3) is 0 Å². The van der Waals surface area contributed by atoms with Gasteiger partial charge in [0.05, 0.1) is 0 Å². The van der Waals surface area contributed by atoms with Gasteiger partial charge in [-0.2, -0.15) is 0 Å². The van der Waals surface area contributed by atoms with Crippen LogP contribution >= 0.6 is 0 Å². The summed E-state index contributed by atoms with van der Waals surface area (Å²) in [5.41, 5.74) is 2.74. The minimum Gasteiger partial charge on any atom is -0.0807 e. The van der Waals surface area contributed by atoms with E-state index in [0.29, 0.717) is 0 Å². The molecule has 0 nitrogen and oxygen atoms in total. The van der Waals surface area contributed by atoms with Crippen molar-refractivity contribution >= 4 is 0 Å². The second kappa shape index (κ2) is 7.70. The van der Waals surface area contributed by atoms with Gasteiger partial charge in [0.15, 0.2) is 0 Å². The zero-order chi connectivity index (χ0) is 11.6. The van der Waals surface area contributed by atoms with E-state index in [0.717, 1.165) is 12.8 Å². The maximum absolute atomic E-state index is 2.16. The predicted octanol–water partition coefficient (Wildman–Crippen LogP) is 4.70. The standard InChI is InChI=1S/2C8H10/c1-8-6-4-2-3-5-7-8;1-2-8-6-4-3-5-7-8/h2,4-7H,3H2,1H3;3-7H,2H2,1H3. The molecule has 0 saturated carbocycles. The molecular weight excluding hydrogens is 192 g/mol. The third-order valence-corrected chi connectivity index (χ3v) is 2.40. The average molecular weight is 212 g/mol. The van der Waals surface area contributed by atoms with Crippen LogP contribution in [0.3, 0.4) is 0 Å². The molecule has 0 radical (unpaired) electrons. The minimum atomic E-state index is 1.08. The lowest BCUT2D eigenvalue weighted by Crippen LogP contribution is -1.73. The van der Waals surface area contributed by atoms with Gasteiger partial charge in [0.1, 0.15) is 0 Å². The summed E-state index contributed by atoms with van der Waals surface area (Å²) in [7, 11) is 0. The fraction of sp³-hybridized carbons (Fsp3) is 0.250. The van der Waals surface area contributed by atoms with E-state index in [4.69, 9.17) is 0 Å². The number of rotatable bonds is 1. The van der Waals surface area contributed by atoms with Gasteiger partial charge in [-0.25, -0.2) is 0 Å². The van der Waals surface area contributed by atoms with Crippen molar-refractivity contribution in [3.63, 3.8) is 0 Å². The monoisotopic (exact) mass is 212 g/mol. The first-order chi connectivity index (χ1) is 7.83. The smallest absolute Gasteiger partial charge is 0.0163 e. The van der Waals surface area contributed by atoms with Gasteiger partial charge in [-0.05, 0) is 25.3 Å². The van der Waals surface area contributed by atoms with Gasteiger partial charge < -0.3 is 0 Å². The van der Waals surface area contributed by atoms with Crippen LogP contribution in [0.1, 0.15) is 25.8 Å². The minimum absolute atomic E-state index is 1.08. The van der Waals surface area contributed by atoms with E-state index in [1.807, 2.05) is 6.07 Å². The Morgan fingerprint density at radius 2 is 1.81 bits per heavy atom. The molecule has 84 valence electrons. The third-order valence-electron chi connectivity index (χ3n) is 2.40. The Labute approximate surface area is 99.0 Å². The summed E-state index contributed by atoms with van der Waals surface area (Å²) in [4.78, 5) is 0. The summed E-state index contributed by atoms with van der Waals surface area (Å²) in [5, 5.41) is 0. The van der Waals surface area contributed by atoms with E-state index in [2.05, 4.69) is 68.5 Å². The Hall–Kier alpha value is -1.56. The molecule has 0 amide bonds. The van der Waals surface area contributed by atoms with E-state index in [9.17, 15) is 0 Å². The predicted molar refractivity (Wildman–Crippen MR) is 72.5 cm³/mol. The molecule has 1 aromatic rings. The molecule has 0 heteroatoms. The van der Waals surface area contributed by atoms with Crippen molar-refractivity contribution in [2.45, 2.75) is 26.7 Å². The van der Waals surface area contributed by atoms with Crippen molar-refractivity contribution in [1.29, 1.82) is 0 Å². The first-order valence-electron chi connectivity index (χ1n) is 5.87. The lowest BCUT2D eigenvalue weighted by atomic mass is 10.2. The normalized spacial score (nSPS) is 13.5. The largest absolute Gasteiger partial charge is 0.0807 e.